The molecule has 0 aliphatic heterocycles. The quantitative estimate of drug-likeness (QED) is 0.363. The fourth-order valence-electron chi connectivity index (χ4n) is 3.39. The van der Waals surface area contributed by atoms with E-state index in [1.165, 1.54) is 32.0 Å². The number of urea groups is 1. The number of rotatable bonds is 4. The summed E-state index contributed by atoms with van der Waals surface area (Å²) in [5.41, 5.74) is 0.987. The van der Waals surface area contributed by atoms with Crippen molar-refractivity contribution in [1.29, 1.82) is 0 Å². The monoisotopic (exact) mass is 524 g/mol. The molecule has 35 heavy (non-hydrogen) atoms. The third-order valence-electron chi connectivity index (χ3n) is 5.28. The van der Waals surface area contributed by atoms with Gasteiger partial charge in [-0.15, -0.1) is 0 Å². The maximum absolute atomic E-state index is 13.2. The molecule has 3 amide bonds. The first-order valence-electron chi connectivity index (χ1n) is 10.3. The van der Waals surface area contributed by atoms with E-state index in [9.17, 15) is 22.8 Å². The van der Waals surface area contributed by atoms with Crippen LogP contribution in [0.4, 0.5) is 23.7 Å². The fraction of sp³-hybridized carbons (Fsp3) is 0.200. The molecule has 5 nitrogen and oxygen atoms in total. The molecule has 0 bridgehead atoms. The second kappa shape index (κ2) is 10.2. The summed E-state index contributed by atoms with van der Waals surface area (Å²) < 4.78 is 45.4. The number of amides is 3. The molecular formula is C25H21Cl2F3N2O3. The number of imide groups is 1. The number of ether oxygens (including phenoxy) is 1. The van der Waals surface area contributed by atoms with E-state index in [4.69, 9.17) is 27.9 Å². The number of alkyl halides is 3. The molecule has 3 rings (SSSR count). The van der Waals surface area contributed by atoms with E-state index in [2.05, 4.69) is 10.6 Å². The summed E-state index contributed by atoms with van der Waals surface area (Å²) in [5.74, 6) is -0.213. The lowest BCUT2D eigenvalue weighted by Crippen LogP contribution is -2.34. The van der Waals surface area contributed by atoms with Crippen LogP contribution in [0.5, 0.6) is 11.5 Å². The molecular weight excluding hydrogens is 504 g/mol. The van der Waals surface area contributed by atoms with Gasteiger partial charge in [-0.05, 0) is 80.3 Å². The summed E-state index contributed by atoms with van der Waals surface area (Å²) in [4.78, 5) is 24.7. The average molecular weight is 525 g/mol. The molecule has 0 aliphatic rings. The fourth-order valence-corrected chi connectivity index (χ4v) is 3.90. The predicted molar refractivity (Wildman–Crippen MR) is 130 cm³/mol. The largest absolute Gasteiger partial charge is 0.455 e. The number of carbonyl (C=O) groups excluding carboxylic acids is 2. The summed E-state index contributed by atoms with van der Waals surface area (Å²) in [6.07, 6.45) is -4.47. The van der Waals surface area contributed by atoms with Crippen LogP contribution in [0.25, 0.3) is 0 Å². The Balaban J connectivity index is 1.83. The van der Waals surface area contributed by atoms with Gasteiger partial charge in [-0.1, -0.05) is 35.3 Å². The number of carbonyl (C=O) groups is 2. The molecule has 0 fully saturated rings. The summed E-state index contributed by atoms with van der Waals surface area (Å²) in [6, 6.07) is 9.41. The maximum Gasteiger partial charge on any atom is 0.416 e. The van der Waals surface area contributed by atoms with Gasteiger partial charge in [0, 0.05) is 5.69 Å². The lowest BCUT2D eigenvalue weighted by molar-refractivity contribution is -0.138. The van der Waals surface area contributed by atoms with Crippen molar-refractivity contribution in [3.63, 3.8) is 0 Å². The van der Waals surface area contributed by atoms with Crippen LogP contribution in [-0.2, 0) is 6.18 Å². The van der Waals surface area contributed by atoms with Gasteiger partial charge in [-0.2, -0.15) is 13.2 Å². The predicted octanol–water partition coefficient (Wildman–Crippen LogP) is 8.00. The molecule has 2 N–H and O–H groups in total. The van der Waals surface area contributed by atoms with E-state index in [1.54, 1.807) is 32.0 Å². The van der Waals surface area contributed by atoms with Gasteiger partial charge in [0.05, 0.1) is 21.2 Å². The van der Waals surface area contributed by atoms with Crippen molar-refractivity contribution >= 4 is 40.8 Å². The topological polar surface area (TPSA) is 67.4 Å². The Bertz CT molecular complexity index is 1320. The highest BCUT2D eigenvalue weighted by atomic mass is 35.5. The summed E-state index contributed by atoms with van der Waals surface area (Å²) >= 11 is 12.5. The highest BCUT2D eigenvalue weighted by Gasteiger charge is 2.33. The molecule has 0 aromatic heterocycles. The van der Waals surface area contributed by atoms with Gasteiger partial charge in [-0.25, -0.2) is 4.79 Å². The Morgan fingerprint density at radius 2 is 1.57 bits per heavy atom. The van der Waals surface area contributed by atoms with Crippen LogP contribution >= 0.6 is 23.2 Å². The molecule has 0 heterocycles. The van der Waals surface area contributed by atoms with Crippen LogP contribution in [0, 0.1) is 27.7 Å². The van der Waals surface area contributed by atoms with Crippen molar-refractivity contribution in [2.75, 3.05) is 5.32 Å². The molecule has 184 valence electrons. The molecule has 0 unspecified atom stereocenters. The number of anilines is 1. The zero-order chi connectivity index (χ0) is 26.1. The standard InChI is InChI=1S/C25H21Cl2F3N2O3/c1-12-11-20(13(2)9-17(12)25(28,29)30)35-22-14(3)10-19(15(4)21(22)27)31-24(34)32-23(33)16-7-5-6-8-18(16)26/h5-11H,1-4H3,(H2,31,32,33,34). The second-order valence-electron chi connectivity index (χ2n) is 7.93. The highest BCUT2D eigenvalue weighted by Crippen LogP contribution is 2.41. The Kier molecular flexibility index (Phi) is 7.67. The van der Waals surface area contributed by atoms with Crippen molar-refractivity contribution < 1.29 is 27.5 Å². The molecule has 0 aliphatic carbocycles. The third kappa shape index (κ3) is 5.89. The summed E-state index contributed by atoms with van der Waals surface area (Å²) in [7, 11) is 0. The minimum absolute atomic E-state index is 0.0155. The zero-order valence-corrected chi connectivity index (χ0v) is 20.7. The van der Waals surface area contributed by atoms with Crippen molar-refractivity contribution in [1.82, 2.24) is 5.32 Å². The van der Waals surface area contributed by atoms with Gasteiger partial charge in [0.2, 0.25) is 0 Å². The minimum atomic E-state index is -4.47. The lowest BCUT2D eigenvalue weighted by atomic mass is 10.0. The van der Waals surface area contributed by atoms with Crippen LogP contribution < -0.4 is 15.4 Å². The zero-order valence-electron chi connectivity index (χ0n) is 19.2. The number of nitrogens with one attached hydrogen (secondary N) is 2. The molecule has 0 atom stereocenters. The van der Waals surface area contributed by atoms with Gasteiger partial charge < -0.3 is 10.1 Å². The Hall–Kier alpha value is -3.23. The molecule has 0 saturated heterocycles. The van der Waals surface area contributed by atoms with E-state index < -0.39 is 23.7 Å². The van der Waals surface area contributed by atoms with Crippen LogP contribution in [0.15, 0.2) is 42.5 Å². The van der Waals surface area contributed by atoms with Crippen LogP contribution in [0.2, 0.25) is 10.0 Å². The Labute approximate surface area is 210 Å². The van der Waals surface area contributed by atoms with Crippen molar-refractivity contribution in [3.05, 3.63) is 85.9 Å². The Morgan fingerprint density at radius 1 is 0.914 bits per heavy atom. The smallest absolute Gasteiger partial charge is 0.416 e. The van der Waals surface area contributed by atoms with Gasteiger partial charge in [0.1, 0.15) is 11.5 Å². The third-order valence-corrected chi connectivity index (χ3v) is 6.07. The minimum Gasteiger partial charge on any atom is -0.455 e. The highest BCUT2D eigenvalue weighted by molar-refractivity contribution is 6.34. The van der Waals surface area contributed by atoms with E-state index in [-0.39, 0.29) is 38.2 Å². The number of hydrogen-bond donors (Lipinski definition) is 2. The van der Waals surface area contributed by atoms with Gasteiger partial charge >= 0.3 is 12.2 Å². The number of benzene rings is 3. The van der Waals surface area contributed by atoms with Crippen molar-refractivity contribution in [3.8, 4) is 11.5 Å². The molecule has 0 radical (unpaired) electrons. The van der Waals surface area contributed by atoms with Gasteiger partial charge in [0.25, 0.3) is 5.91 Å². The molecule has 0 spiro atoms. The van der Waals surface area contributed by atoms with Gasteiger partial charge in [-0.3, -0.25) is 10.1 Å². The lowest BCUT2D eigenvalue weighted by Gasteiger charge is -2.19. The number of halogens is 5. The molecule has 0 saturated carbocycles. The first-order valence-corrected chi connectivity index (χ1v) is 11.1. The maximum atomic E-state index is 13.2. The van der Waals surface area contributed by atoms with E-state index in [0.29, 0.717) is 16.8 Å². The normalized spacial score (nSPS) is 11.2. The SMILES string of the molecule is Cc1cc(C(F)(F)F)c(C)cc1Oc1c(C)cc(NC(=O)NC(=O)c2ccccc2Cl)c(C)c1Cl. The van der Waals surface area contributed by atoms with Crippen molar-refractivity contribution in [2.24, 2.45) is 0 Å². The van der Waals surface area contributed by atoms with E-state index >= 15 is 0 Å². The molecule has 10 heteroatoms. The van der Waals surface area contributed by atoms with Crippen LogP contribution in [0.1, 0.15) is 38.2 Å². The Morgan fingerprint density at radius 3 is 2.20 bits per heavy atom. The number of hydrogen-bond acceptors (Lipinski definition) is 3. The number of aryl methyl sites for hydroxylation is 3. The van der Waals surface area contributed by atoms with Crippen LogP contribution in [0.3, 0.4) is 0 Å². The summed E-state index contributed by atoms with van der Waals surface area (Å²) in [5, 5.41) is 5.13. The van der Waals surface area contributed by atoms with E-state index in [1.807, 2.05) is 0 Å². The van der Waals surface area contributed by atoms with Gasteiger partial charge in [0.15, 0.2) is 0 Å². The second-order valence-corrected chi connectivity index (χ2v) is 8.71. The van der Waals surface area contributed by atoms with Crippen LogP contribution in [-0.4, -0.2) is 11.9 Å². The first-order chi connectivity index (χ1) is 16.3. The summed E-state index contributed by atoms with van der Waals surface area (Å²) in [6.45, 7) is 6.16. The first kappa shape index (κ1) is 26.4. The molecule has 3 aromatic rings. The average Bonchev–Trinajstić information content (AvgIpc) is 2.76. The van der Waals surface area contributed by atoms with E-state index in [0.717, 1.165) is 6.07 Å². The van der Waals surface area contributed by atoms with Crippen molar-refractivity contribution in [2.45, 2.75) is 33.9 Å². The molecule has 3 aromatic carbocycles.